The zero-order valence-electron chi connectivity index (χ0n) is 72.8. The second kappa shape index (κ2) is 44.8. The molecule has 20 atom stereocenters. The van der Waals surface area contributed by atoms with Crippen LogP contribution in [0.25, 0.3) is 32.9 Å². The molecule has 13 aromatic rings. The number of aryl methyl sites for hydroxylation is 3. The maximum Gasteiger partial charge on any atom is 0.333 e. The maximum absolute atomic E-state index is 14.6. The quantitative estimate of drug-likeness (QED) is 0.0307. The third-order valence-electron chi connectivity index (χ3n) is 23.6. The van der Waals surface area contributed by atoms with Crippen LogP contribution in [0.4, 0.5) is 30.7 Å². The molecule has 5 aromatic carbocycles. The predicted octanol–water partition coefficient (Wildman–Crippen LogP) is -2.70. The number of hydrogen-bond donors (Lipinski definition) is 15. The van der Waals surface area contributed by atoms with Crippen LogP contribution in [-0.4, -0.2) is 262 Å². The summed E-state index contributed by atoms with van der Waals surface area (Å²) in [5.41, 5.74) is -6.93. The molecule has 0 bridgehead atoms. The molecule has 0 radical (unpaired) electrons. The molecule has 764 valence electrons. The molecule has 5 saturated heterocycles. The van der Waals surface area contributed by atoms with Crippen LogP contribution in [0.3, 0.4) is 0 Å². The first-order valence-electron chi connectivity index (χ1n) is 42.4. The predicted molar refractivity (Wildman–Crippen MR) is 472 cm³/mol. The number of ether oxygens (including phenoxy) is 5. The standard InChI is InChI=1S/2C18H20F2N2O6.3C17H16FN3O7.2CH4/c1-9-7-22(17-15(25)14(24)13(8-23)28-17)18(27)21(16(9)26)5-4-10-2-3-11(19)6-12(10)20;1-10-7-21(16-14(25)13(24)12(8-23)28-16)17(27)22(15(10)26)9-18(19,20)11-5-3-2-4-6-11;18-8-1-2-11-9(5-8)10(19-28-11)6-21-13(23)3-4-20(17(21)26)16-15(25)14(24)12(7-22)27-16;18-8-1-2-9-10(19-28-11(9)5-8)6-21-13(23)3-4-20(17(21)26)16-15(25)14(24)12(7-22)27-16;18-8-2-1-3-10-13(8)9(19-28-10)6-21-12(23)4-5-20(17(21)26)16-15(25)14(24)11(7-22)27-16;;/h2-3,6-7,13-15,17,23-25H,4-5,8H2,1H3;2-7,12-14,16,23-25H,8-9H2,1H3;2*1-5,12,14-16,22,24-25H,6-7H2;1-5,11,14-16,22,24-25H,6-7H2;2*1H4/t13-,14?,15+,17-;12-,13?,14+,16-;2*12-,14+,15?,16-;11-,14+,15?,16-;;/m11111../s1. The van der Waals surface area contributed by atoms with Crippen molar-refractivity contribution in [2.45, 2.75) is 196 Å². The van der Waals surface area contributed by atoms with Crippen LogP contribution in [0.5, 0.6) is 0 Å². The van der Waals surface area contributed by atoms with Gasteiger partial charge in [0.1, 0.15) is 138 Å². The molecule has 53 heteroatoms. The Morgan fingerprint density at radius 1 is 0.352 bits per heavy atom. The number of benzene rings is 5. The fraction of sp³-hybridized carbons (Fsp3) is 0.404. The number of halogens is 7. The minimum Gasteiger partial charge on any atom is -0.394 e. The second-order valence-electron chi connectivity index (χ2n) is 32.6. The van der Waals surface area contributed by atoms with Crippen LogP contribution in [0.1, 0.15) is 85.3 Å². The van der Waals surface area contributed by atoms with Crippen molar-refractivity contribution in [3.8, 4) is 0 Å². The summed E-state index contributed by atoms with van der Waals surface area (Å²) in [6, 6.07) is 24.7. The molecule has 5 aliphatic rings. The monoisotopic (exact) mass is 2010 g/mol. The van der Waals surface area contributed by atoms with Crippen LogP contribution in [-0.2, 0) is 68.8 Å². The summed E-state index contributed by atoms with van der Waals surface area (Å²) in [6.07, 6.45) is -21.1. The van der Waals surface area contributed by atoms with Crippen molar-refractivity contribution in [1.82, 2.24) is 61.1 Å². The number of aliphatic hydroxyl groups is 15. The Hall–Kier alpha value is -13.4. The Morgan fingerprint density at radius 2 is 0.711 bits per heavy atom. The third-order valence-corrected chi connectivity index (χ3v) is 23.6. The van der Waals surface area contributed by atoms with Crippen LogP contribution >= 0.6 is 0 Å². The normalized spacial score (nSPS) is 24.5. The topological polar surface area (TPSA) is 648 Å². The van der Waals surface area contributed by atoms with Crippen molar-refractivity contribution in [2.75, 3.05) is 33.0 Å². The largest absolute Gasteiger partial charge is 0.394 e. The highest BCUT2D eigenvalue weighted by atomic mass is 19.3. The van der Waals surface area contributed by atoms with Gasteiger partial charge in [-0.15, -0.1) is 0 Å². The first-order chi connectivity index (χ1) is 66.6. The number of rotatable bonds is 22. The third kappa shape index (κ3) is 21.7. The van der Waals surface area contributed by atoms with Crippen molar-refractivity contribution in [3.63, 3.8) is 0 Å². The maximum atomic E-state index is 14.6. The van der Waals surface area contributed by atoms with E-state index in [-0.39, 0.29) is 103 Å². The Balaban J connectivity index is 0.000000158. The fourth-order valence-electron chi connectivity index (χ4n) is 16.0. The highest BCUT2D eigenvalue weighted by Crippen LogP contribution is 2.36. The lowest BCUT2D eigenvalue weighted by atomic mass is 10.1. The van der Waals surface area contributed by atoms with Crippen molar-refractivity contribution in [1.29, 1.82) is 0 Å². The lowest BCUT2D eigenvalue weighted by Crippen LogP contribution is -2.46. The van der Waals surface area contributed by atoms with Crippen molar-refractivity contribution >= 4 is 32.9 Å². The van der Waals surface area contributed by atoms with Gasteiger partial charge in [0.25, 0.3) is 33.7 Å². The van der Waals surface area contributed by atoms with Gasteiger partial charge in [-0.3, -0.25) is 69.6 Å². The lowest BCUT2D eigenvalue weighted by Gasteiger charge is -2.22. The Morgan fingerprint density at radius 3 is 1.14 bits per heavy atom. The minimum absolute atomic E-state index is 0. The molecule has 5 unspecified atom stereocenters. The molecule has 0 aliphatic carbocycles. The van der Waals surface area contributed by atoms with Gasteiger partial charge < -0.3 is 114 Å². The average molecular weight is 2010 g/mol. The van der Waals surface area contributed by atoms with Crippen LogP contribution < -0.4 is 56.2 Å². The van der Waals surface area contributed by atoms with Gasteiger partial charge in [0.05, 0.1) is 64.6 Å². The number of aromatic nitrogens is 13. The van der Waals surface area contributed by atoms with E-state index < -0.39 is 254 Å². The van der Waals surface area contributed by atoms with E-state index in [0.717, 1.165) is 96.2 Å². The number of alkyl halides is 2. The van der Waals surface area contributed by atoms with E-state index in [1.807, 2.05) is 0 Å². The second-order valence-corrected chi connectivity index (χ2v) is 32.6. The summed E-state index contributed by atoms with van der Waals surface area (Å²) in [5.74, 6) is -6.68. The molecular formula is C89H96F7N13O33. The molecule has 13 heterocycles. The molecule has 18 rings (SSSR count). The molecule has 5 fully saturated rings. The smallest absolute Gasteiger partial charge is 0.333 e. The van der Waals surface area contributed by atoms with Crippen LogP contribution in [0.15, 0.2) is 214 Å². The first kappa shape index (κ1) is 107. The highest BCUT2D eigenvalue weighted by molar-refractivity contribution is 5.81. The van der Waals surface area contributed by atoms with Gasteiger partial charge in [-0.25, -0.2) is 45.9 Å². The molecule has 142 heavy (non-hydrogen) atoms. The molecule has 8 aromatic heterocycles. The van der Waals surface area contributed by atoms with Gasteiger partial charge in [0.15, 0.2) is 47.9 Å². The molecule has 5 aliphatic heterocycles. The highest BCUT2D eigenvalue weighted by Gasteiger charge is 2.49. The number of hydrogen-bond acceptors (Lipinski definition) is 36. The molecule has 0 amide bonds. The number of nitrogens with zero attached hydrogens (tertiary/aromatic N) is 13. The zero-order valence-corrected chi connectivity index (χ0v) is 72.8. The van der Waals surface area contributed by atoms with Crippen LogP contribution in [0, 0.1) is 42.9 Å². The summed E-state index contributed by atoms with van der Waals surface area (Å²) in [4.78, 5) is 125. The Kier molecular flexibility index (Phi) is 33.9. The summed E-state index contributed by atoms with van der Waals surface area (Å²) < 4.78 is 147. The lowest BCUT2D eigenvalue weighted by molar-refractivity contribution is -0.0578. The average Bonchev–Trinajstić information content (AvgIpc) is 1.56. The Bertz CT molecular complexity index is 7340. The summed E-state index contributed by atoms with van der Waals surface area (Å²) in [6.45, 7) is -2.39. The van der Waals surface area contributed by atoms with E-state index in [9.17, 15) is 155 Å². The van der Waals surface area contributed by atoms with E-state index in [1.54, 1.807) is 6.07 Å². The summed E-state index contributed by atoms with van der Waals surface area (Å²) in [5, 5.41) is 158. The SMILES string of the molecule is C.C.Cc1cn([C@@H]2O[C@H](CO)C(O)[C@@H]2O)c(=O)n(CC(F)(F)c2ccccc2)c1=O.Cc1cn([C@@H]2O[C@H](CO)C(O)[C@@H]2O)c(=O)n(CCc2ccc(F)cc2F)c1=O.O=c1ccn([C@@H]2O[C@H](CO)[C@H](O)C2O)c(=O)n1Cc1noc2cc(F)ccc12.O=c1ccn([C@@H]2O[C@H](CO)[C@H](O)C2O)c(=O)n1Cc1noc2ccc(F)cc12.O=c1ccn([C@@H]2O[C@H](CO)[C@H](O)C2O)c(=O)n1Cc1noc2cccc(F)c12. The van der Waals surface area contributed by atoms with E-state index in [0.29, 0.717) is 27.0 Å². The van der Waals surface area contributed by atoms with Gasteiger partial charge >= 0.3 is 28.4 Å². The van der Waals surface area contributed by atoms with Crippen molar-refractivity contribution in [3.05, 3.63) is 325 Å². The summed E-state index contributed by atoms with van der Waals surface area (Å²) >= 11 is 0. The van der Waals surface area contributed by atoms with Gasteiger partial charge in [0, 0.05) is 95.3 Å². The van der Waals surface area contributed by atoms with Gasteiger partial charge in [-0.1, -0.05) is 72.8 Å². The zero-order chi connectivity index (χ0) is 101. The molecule has 46 nitrogen and oxygen atoms in total. The van der Waals surface area contributed by atoms with Gasteiger partial charge in [-0.05, 0) is 74.4 Å². The molecule has 0 saturated carbocycles. The van der Waals surface area contributed by atoms with E-state index in [1.165, 1.54) is 98.9 Å². The van der Waals surface area contributed by atoms with E-state index in [4.69, 9.17) is 37.3 Å². The fourth-order valence-corrected chi connectivity index (χ4v) is 16.0. The van der Waals surface area contributed by atoms with E-state index in [2.05, 4.69) is 15.5 Å². The van der Waals surface area contributed by atoms with Crippen molar-refractivity contribution in [2.24, 2.45) is 0 Å². The summed E-state index contributed by atoms with van der Waals surface area (Å²) in [7, 11) is 0. The van der Waals surface area contributed by atoms with Gasteiger partial charge in [-0.2, -0.15) is 8.78 Å². The molecular weight excluding hydrogens is 1910 g/mol. The Labute approximate surface area is 790 Å². The number of aliphatic hydroxyl groups excluding tert-OH is 15. The minimum atomic E-state index is -3.50. The van der Waals surface area contributed by atoms with Gasteiger partial charge in [0.2, 0.25) is 0 Å². The van der Waals surface area contributed by atoms with Crippen LogP contribution in [0.2, 0.25) is 0 Å². The van der Waals surface area contributed by atoms with E-state index >= 15 is 0 Å². The number of fused-ring (bicyclic) bond motifs is 3. The molecule has 15 N–H and O–H groups in total. The first-order valence-corrected chi connectivity index (χ1v) is 42.4. The molecule has 0 spiro atoms. The van der Waals surface area contributed by atoms with Crippen molar-refractivity contribution < 1.29 is 145 Å².